The minimum absolute atomic E-state index is 0.755. The number of benzene rings is 2. The van der Waals surface area contributed by atoms with Crippen LogP contribution in [0, 0.1) is 0 Å². The third kappa shape index (κ3) is 2.08. The molecule has 94 valence electrons. The second-order valence-corrected chi connectivity index (χ2v) is 8.50. The van der Waals surface area contributed by atoms with E-state index in [1.165, 1.54) is 30.8 Å². The van der Waals surface area contributed by atoms with Crippen molar-refractivity contribution in [3.8, 4) is 0 Å². The van der Waals surface area contributed by atoms with Gasteiger partial charge in [-0.3, -0.25) is 0 Å². The summed E-state index contributed by atoms with van der Waals surface area (Å²) < 4.78 is 0. The molecule has 1 aliphatic heterocycles. The summed E-state index contributed by atoms with van der Waals surface area (Å²) in [6.45, 7) is 0. The van der Waals surface area contributed by atoms with E-state index in [9.17, 15) is 0 Å². The van der Waals surface area contributed by atoms with Crippen molar-refractivity contribution in [1.29, 1.82) is 0 Å². The average molecular weight is 256 g/mol. The molecule has 1 heteroatoms. The summed E-state index contributed by atoms with van der Waals surface area (Å²) in [5.41, 5.74) is 0. The Balaban J connectivity index is 2.10. The number of hydrogen-bond acceptors (Lipinski definition) is 0. The van der Waals surface area contributed by atoms with Crippen LogP contribution >= 0.6 is 10.0 Å². The third-order valence-corrected chi connectivity index (χ3v) is 8.19. The molecule has 0 unspecified atom stereocenters. The Bertz CT molecular complexity index is 442. The fourth-order valence-corrected chi connectivity index (χ4v) is 7.11. The van der Waals surface area contributed by atoms with Crippen LogP contribution in [0.15, 0.2) is 70.5 Å². The van der Waals surface area contributed by atoms with E-state index >= 15 is 0 Å². The lowest BCUT2D eigenvalue weighted by atomic mass is 10.3. The molecule has 0 aromatic heterocycles. The Kier molecular flexibility index (Phi) is 3.42. The van der Waals surface area contributed by atoms with Crippen LogP contribution in [0.5, 0.6) is 0 Å². The van der Waals surface area contributed by atoms with E-state index in [1.807, 2.05) is 0 Å². The highest BCUT2D eigenvalue weighted by Gasteiger charge is 2.29. The highest BCUT2D eigenvalue weighted by molar-refractivity contribution is 8.33. The summed E-state index contributed by atoms with van der Waals surface area (Å²) >= 11 is 0. The molecular weight excluding hydrogens is 236 g/mol. The van der Waals surface area contributed by atoms with Crippen molar-refractivity contribution in [3.63, 3.8) is 0 Å². The summed E-state index contributed by atoms with van der Waals surface area (Å²) in [5.74, 6) is 2.75. The minimum Gasteiger partial charge on any atom is -0.188 e. The summed E-state index contributed by atoms with van der Waals surface area (Å²) in [6, 6.07) is 22.4. The van der Waals surface area contributed by atoms with Gasteiger partial charge in [0.1, 0.15) is 0 Å². The van der Waals surface area contributed by atoms with Crippen LogP contribution in [-0.4, -0.2) is 11.5 Å². The molecule has 0 aliphatic carbocycles. The van der Waals surface area contributed by atoms with E-state index in [4.69, 9.17) is 0 Å². The van der Waals surface area contributed by atoms with Gasteiger partial charge in [0.25, 0.3) is 0 Å². The Morgan fingerprint density at radius 2 is 1.00 bits per heavy atom. The van der Waals surface area contributed by atoms with Crippen molar-refractivity contribution < 1.29 is 0 Å². The van der Waals surface area contributed by atoms with Gasteiger partial charge in [0.2, 0.25) is 0 Å². The molecule has 0 atom stereocenters. The van der Waals surface area contributed by atoms with Gasteiger partial charge in [0, 0.05) is 0 Å². The normalized spacial score (nSPS) is 20.2. The second kappa shape index (κ2) is 5.19. The summed E-state index contributed by atoms with van der Waals surface area (Å²) in [7, 11) is -0.755. The van der Waals surface area contributed by atoms with Gasteiger partial charge in [-0.2, -0.15) is 10.0 Å². The molecule has 2 aromatic rings. The molecule has 1 aliphatic rings. The molecule has 2 aromatic carbocycles. The maximum atomic E-state index is 2.34. The standard InChI is InChI=1S/C17H20S/c1-4-10-16(11-5-1)18(14-8-3-9-15-18)17-12-6-2-7-13-17/h1-2,4-7,10-13H,3,8-9,14-15H2. The van der Waals surface area contributed by atoms with Crippen molar-refractivity contribution in [2.75, 3.05) is 11.5 Å². The van der Waals surface area contributed by atoms with Gasteiger partial charge in [0.15, 0.2) is 0 Å². The van der Waals surface area contributed by atoms with Gasteiger partial charge in [-0.1, -0.05) is 42.8 Å². The van der Waals surface area contributed by atoms with Crippen LogP contribution < -0.4 is 0 Å². The highest BCUT2D eigenvalue weighted by Crippen LogP contribution is 2.64. The zero-order valence-corrected chi connectivity index (χ0v) is 11.5. The lowest BCUT2D eigenvalue weighted by Crippen LogP contribution is -2.15. The smallest absolute Gasteiger partial charge is 0.00592 e. The number of hydrogen-bond donors (Lipinski definition) is 0. The SMILES string of the molecule is c1ccc(S2(c3ccccc3)CCCCC2)cc1. The first-order valence-electron chi connectivity index (χ1n) is 6.81. The predicted octanol–water partition coefficient (Wildman–Crippen LogP) is 5.09. The summed E-state index contributed by atoms with van der Waals surface area (Å²) in [5, 5.41) is 0. The molecule has 3 rings (SSSR count). The zero-order chi connectivity index (χ0) is 12.3. The first-order chi connectivity index (χ1) is 8.92. The summed E-state index contributed by atoms with van der Waals surface area (Å²) in [6.07, 6.45) is 4.19. The fourth-order valence-electron chi connectivity index (χ4n) is 2.95. The van der Waals surface area contributed by atoms with Gasteiger partial charge in [-0.05, 0) is 58.4 Å². The highest BCUT2D eigenvalue weighted by atomic mass is 32.3. The van der Waals surface area contributed by atoms with Gasteiger partial charge >= 0.3 is 0 Å². The minimum atomic E-state index is -0.755. The molecule has 0 bridgehead atoms. The van der Waals surface area contributed by atoms with Gasteiger partial charge < -0.3 is 0 Å². The molecular formula is C17H20S. The average Bonchev–Trinajstić information content (AvgIpc) is 2.50. The van der Waals surface area contributed by atoms with E-state index < -0.39 is 10.0 Å². The van der Waals surface area contributed by atoms with E-state index in [1.54, 1.807) is 9.79 Å². The van der Waals surface area contributed by atoms with Gasteiger partial charge in [0.05, 0.1) is 0 Å². The maximum absolute atomic E-state index is 2.34. The molecule has 1 saturated heterocycles. The van der Waals surface area contributed by atoms with Crippen molar-refractivity contribution in [1.82, 2.24) is 0 Å². The lowest BCUT2D eigenvalue weighted by molar-refractivity contribution is 0.750. The lowest BCUT2D eigenvalue weighted by Gasteiger charge is -2.44. The Labute approximate surface area is 111 Å². The molecule has 0 spiro atoms. The number of rotatable bonds is 2. The Hall–Kier alpha value is -1.21. The van der Waals surface area contributed by atoms with Crippen molar-refractivity contribution >= 4 is 10.0 Å². The quantitative estimate of drug-likeness (QED) is 0.702. The van der Waals surface area contributed by atoms with E-state index in [-0.39, 0.29) is 0 Å². The molecule has 1 fully saturated rings. The molecule has 0 N–H and O–H groups in total. The van der Waals surface area contributed by atoms with Crippen LogP contribution in [0.1, 0.15) is 19.3 Å². The fraction of sp³-hybridized carbons (Fsp3) is 0.294. The van der Waals surface area contributed by atoms with Crippen LogP contribution in [0.3, 0.4) is 0 Å². The largest absolute Gasteiger partial charge is 0.188 e. The first-order valence-corrected chi connectivity index (χ1v) is 8.78. The molecule has 0 nitrogen and oxygen atoms in total. The van der Waals surface area contributed by atoms with Crippen LogP contribution in [0.2, 0.25) is 0 Å². The molecule has 0 radical (unpaired) electrons. The van der Waals surface area contributed by atoms with E-state index in [0.29, 0.717) is 0 Å². The van der Waals surface area contributed by atoms with Crippen LogP contribution in [-0.2, 0) is 0 Å². The predicted molar refractivity (Wildman–Crippen MR) is 80.6 cm³/mol. The monoisotopic (exact) mass is 256 g/mol. The van der Waals surface area contributed by atoms with Gasteiger partial charge in [-0.25, -0.2) is 0 Å². The molecule has 0 saturated carbocycles. The van der Waals surface area contributed by atoms with Crippen LogP contribution in [0.4, 0.5) is 0 Å². The first kappa shape index (κ1) is 11.9. The second-order valence-electron chi connectivity index (χ2n) is 4.98. The summed E-state index contributed by atoms with van der Waals surface area (Å²) in [4.78, 5) is 3.16. The third-order valence-electron chi connectivity index (χ3n) is 3.87. The van der Waals surface area contributed by atoms with Crippen molar-refractivity contribution in [3.05, 3.63) is 60.7 Å². The topological polar surface area (TPSA) is 0 Å². The van der Waals surface area contributed by atoms with Crippen LogP contribution in [0.25, 0.3) is 0 Å². The molecule has 1 heterocycles. The van der Waals surface area contributed by atoms with Crippen molar-refractivity contribution in [2.24, 2.45) is 0 Å². The molecule has 0 amide bonds. The molecule has 18 heavy (non-hydrogen) atoms. The van der Waals surface area contributed by atoms with Gasteiger partial charge in [-0.15, -0.1) is 0 Å². The zero-order valence-electron chi connectivity index (χ0n) is 10.7. The Morgan fingerprint density at radius 1 is 0.556 bits per heavy atom. The van der Waals surface area contributed by atoms with E-state index in [0.717, 1.165) is 0 Å². The van der Waals surface area contributed by atoms with Crippen molar-refractivity contribution in [2.45, 2.75) is 29.1 Å². The maximum Gasteiger partial charge on any atom is -0.00592 e. The van der Waals surface area contributed by atoms with E-state index in [2.05, 4.69) is 60.7 Å². The Morgan fingerprint density at radius 3 is 1.44 bits per heavy atom.